The van der Waals surface area contributed by atoms with E-state index in [0.717, 1.165) is 13.1 Å². The lowest BCUT2D eigenvalue weighted by atomic mass is 10.1. The smallest absolute Gasteiger partial charge is 0.241 e. The fourth-order valence-electron chi connectivity index (χ4n) is 3.22. The first-order valence-electron chi connectivity index (χ1n) is 10.1. The Morgan fingerprint density at radius 3 is 2.32 bits per heavy atom. The molecule has 1 heterocycles. The van der Waals surface area contributed by atoms with Crippen molar-refractivity contribution in [3.05, 3.63) is 35.4 Å². The fraction of sp³-hybridized carbons (Fsp3) is 0.619. The summed E-state index contributed by atoms with van der Waals surface area (Å²) in [6.45, 7) is 7.01. The second kappa shape index (κ2) is 13.8. The van der Waals surface area contributed by atoms with Gasteiger partial charge in [-0.05, 0) is 44.0 Å². The van der Waals surface area contributed by atoms with Crippen molar-refractivity contribution >= 4 is 35.8 Å². The molecule has 0 saturated carbocycles. The van der Waals surface area contributed by atoms with Crippen LogP contribution < -0.4 is 10.6 Å². The zero-order valence-electron chi connectivity index (χ0n) is 17.5. The lowest BCUT2D eigenvalue weighted by Gasteiger charge is -2.21. The minimum atomic E-state index is 0. The average Bonchev–Trinajstić information content (AvgIpc) is 2.93. The van der Waals surface area contributed by atoms with E-state index in [-0.39, 0.29) is 36.4 Å². The zero-order chi connectivity index (χ0) is 19.5. The number of hydrogen-bond acceptors (Lipinski definition) is 3. The summed E-state index contributed by atoms with van der Waals surface area (Å²) in [4.78, 5) is 20.6. The largest absolute Gasteiger partial charge is 0.357 e. The summed E-state index contributed by atoms with van der Waals surface area (Å²) in [6, 6.07) is 8.56. The minimum Gasteiger partial charge on any atom is -0.357 e. The van der Waals surface area contributed by atoms with Crippen molar-refractivity contribution in [2.75, 3.05) is 40.3 Å². The predicted octanol–water partition coefficient (Wildman–Crippen LogP) is 2.82. The molecule has 0 aromatic heterocycles. The summed E-state index contributed by atoms with van der Waals surface area (Å²) in [5.41, 5.74) is 2.60. The van der Waals surface area contributed by atoms with Gasteiger partial charge >= 0.3 is 0 Å². The summed E-state index contributed by atoms with van der Waals surface area (Å²) in [6.07, 6.45) is 5.31. The molecule has 158 valence electrons. The molecule has 2 rings (SSSR count). The molecule has 1 aliphatic heterocycles. The van der Waals surface area contributed by atoms with Gasteiger partial charge in [-0.2, -0.15) is 0 Å². The van der Waals surface area contributed by atoms with Crippen LogP contribution in [0.5, 0.6) is 0 Å². The van der Waals surface area contributed by atoms with E-state index in [9.17, 15) is 4.79 Å². The molecule has 2 N–H and O–H groups in total. The van der Waals surface area contributed by atoms with Gasteiger partial charge in [0.05, 0.1) is 13.1 Å². The van der Waals surface area contributed by atoms with Crippen LogP contribution in [0.2, 0.25) is 0 Å². The molecular formula is C21H36IN5O. The van der Waals surface area contributed by atoms with Crippen LogP contribution in [0.1, 0.15) is 43.7 Å². The molecule has 0 atom stereocenters. The van der Waals surface area contributed by atoms with E-state index >= 15 is 0 Å². The average molecular weight is 501 g/mol. The molecule has 6 nitrogen and oxygen atoms in total. The number of rotatable bonds is 7. The lowest BCUT2D eigenvalue weighted by molar-refractivity contribution is -0.127. The van der Waals surface area contributed by atoms with Gasteiger partial charge in [0.15, 0.2) is 5.96 Å². The third kappa shape index (κ3) is 8.77. The first kappa shape index (κ1) is 24.7. The Bertz CT molecular complexity index is 613. The topological polar surface area (TPSA) is 60.0 Å². The number of halogens is 1. The predicted molar refractivity (Wildman–Crippen MR) is 127 cm³/mol. The van der Waals surface area contributed by atoms with Crippen molar-refractivity contribution in [1.29, 1.82) is 0 Å². The number of carbonyl (C=O) groups excluding carboxylic acids is 1. The Labute approximate surface area is 187 Å². The number of nitrogens with zero attached hydrogens (tertiary/aromatic N) is 3. The van der Waals surface area contributed by atoms with Crippen molar-refractivity contribution < 1.29 is 4.79 Å². The van der Waals surface area contributed by atoms with Crippen molar-refractivity contribution in [1.82, 2.24) is 20.4 Å². The standard InChI is InChI=1S/C21H35N5O.HI/c1-4-22-21(24-16-20(27)25(2)3)23-15-18-11-7-8-12-19(18)17-26-13-9-5-6-10-14-26;/h7-8,11-12H,4-6,9-10,13-17H2,1-3H3,(H2,22,23,24);1H. The molecule has 0 unspecified atom stereocenters. The van der Waals surface area contributed by atoms with Gasteiger partial charge in [-0.25, -0.2) is 4.99 Å². The summed E-state index contributed by atoms with van der Waals surface area (Å²) < 4.78 is 0. The molecular weight excluding hydrogens is 465 g/mol. The van der Waals surface area contributed by atoms with Crippen molar-refractivity contribution in [3.63, 3.8) is 0 Å². The molecule has 28 heavy (non-hydrogen) atoms. The summed E-state index contributed by atoms with van der Waals surface area (Å²) in [7, 11) is 3.51. The summed E-state index contributed by atoms with van der Waals surface area (Å²) in [5.74, 6) is 0.708. The molecule has 0 aliphatic carbocycles. The van der Waals surface area contributed by atoms with Crippen LogP contribution in [0.25, 0.3) is 0 Å². The van der Waals surface area contributed by atoms with Gasteiger partial charge in [0, 0.05) is 27.2 Å². The Morgan fingerprint density at radius 1 is 1.07 bits per heavy atom. The molecule has 1 aromatic carbocycles. The zero-order valence-corrected chi connectivity index (χ0v) is 19.9. The lowest BCUT2D eigenvalue weighted by Crippen LogP contribution is -2.42. The molecule has 7 heteroatoms. The van der Waals surface area contributed by atoms with Gasteiger partial charge in [-0.3, -0.25) is 9.69 Å². The van der Waals surface area contributed by atoms with Crippen LogP contribution in [-0.4, -0.2) is 61.9 Å². The van der Waals surface area contributed by atoms with E-state index in [1.807, 2.05) is 6.92 Å². The van der Waals surface area contributed by atoms with Crippen LogP contribution in [-0.2, 0) is 17.9 Å². The van der Waals surface area contributed by atoms with E-state index in [0.29, 0.717) is 12.5 Å². The van der Waals surface area contributed by atoms with Crippen LogP contribution >= 0.6 is 24.0 Å². The van der Waals surface area contributed by atoms with Gasteiger partial charge in [-0.15, -0.1) is 24.0 Å². The maximum atomic E-state index is 11.8. The number of amides is 1. The molecule has 0 radical (unpaired) electrons. The molecule has 1 aliphatic rings. The Hall–Kier alpha value is -1.35. The van der Waals surface area contributed by atoms with Crippen molar-refractivity contribution in [2.24, 2.45) is 4.99 Å². The first-order valence-corrected chi connectivity index (χ1v) is 10.1. The number of hydrogen-bond donors (Lipinski definition) is 2. The highest BCUT2D eigenvalue weighted by Crippen LogP contribution is 2.16. The van der Waals surface area contributed by atoms with E-state index in [1.54, 1.807) is 19.0 Å². The second-order valence-electron chi connectivity index (χ2n) is 7.30. The van der Waals surface area contributed by atoms with E-state index in [4.69, 9.17) is 4.99 Å². The molecule has 1 amide bonds. The summed E-state index contributed by atoms with van der Waals surface area (Å²) >= 11 is 0. The molecule has 1 saturated heterocycles. The molecule has 1 aromatic rings. The third-order valence-electron chi connectivity index (χ3n) is 4.87. The SMILES string of the molecule is CCNC(=NCc1ccccc1CN1CCCCCC1)NCC(=O)N(C)C.I. The fourth-order valence-corrected chi connectivity index (χ4v) is 3.22. The first-order chi connectivity index (χ1) is 13.1. The van der Waals surface area contributed by atoms with Gasteiger partial charge in [0.1, 0.15) is 0 Å². The maximum Gasteiger partial charge on any atom is 0.241 e. The Balaban J connectivity index is 0.00000392. The van der Waals surface area contributed by atoms with E-state index < -0.39 is 0 Å². The van der Waals surface area contributed by atoms with Gasteiger partial charge in [-0.1, -0.05) is 37.1 Å². The number of benzene rings is 1. The Kier molecular flexibility index (Phi) is 12.1. The number of aliphatic imine (C=N–C) groups is 1. The highest BCUT2D eigenvalue weighted by atomic mass is 127. The van der Waals surface area contributed by atoms with E-state index in [1.165, 1.54) is 49.9 Å². The van der Waals surface area contributed by atoms with Crippen LogP contribution in [0, 0.1) is 0 Å². The van der Waals surface area contributed by atoms with Crippen LogP contribution in [0.15, 0.2) is 29.3 Å². The monoisotopic (exact) mass is 501 g/mol. The number of carbonyl (C=O) groups is 1. The number of likely N-dealkylation sites (N-methyl/N-ethyl adjacent to an activating group) is 1. The second-order valence-corrected chi connectivity index (χ2v) is 7.30. The highest BCUT2D eigenvalue weighted by Gasteiger charge is 2.12. The van der Waals surface area contributed by atoms with E-state index in [2.05, 4.69) is 39.8 Å². The number of likely N-dealkylation sites (tertiary alicyclic amines) is 1. The molecule has 0 spiro atoms. The van der Waals surface area contributed by atoms with Crippen molar-refractivity contribution in [2.45, 2.75) is 45.7 Å². The van der Waals surface area contributed by atoms with Crippen LogP contribution in [0.4, 0.5) is 0 Å². The van der Waals surface area contributed by atoms with Crippen molar-refractivity contribution in [3.8, 4) is 0 Å². The third-order valence-corrected chi connectivity index (χ3v) is 4.87. The number of guanidine groups is 1. The van der Waals surface area contributed by atoms with Gasteiger partial charge in [0.25, 0.3) is 0 Å². The van der Waals surface area contributed by atoms with Gasteiger partial charge < -0.3 is 15.5 Å². The maximum absolute atomic E-state index is 11.8. The summed E-state index contributed by atoms with van der Waals surface area (Å²) in [5, 5.41) is 6.33. The molecule has 0 bridgehead atoms. The minimum absolute atomic E-state index is 0. The van der Waals surface area contributed by atoms with Crippen LogP contribution in [0.3, 0.4) is 0 Å². The normalized spacial score (nSPS) is 15.3. The Morgan fingerprint density at radius 2 is 1.71 bits per heavy atom. The quantitative estimate of drug-likeness (QED) is 0.343. The highest BCUT2D eigenvalue weighted by molar-refractivity contribution is 14.0. The number of nitrogens with one attached hydrogen (secondary N) is 2. The van der Waals surface area contributed by atoms with Gasteiger partial charge in [0.2, 0.25) is 5.91 Å². The molecule has 1 fully saturated rings.